The van der Waals surface area contributed by atoms with Gasteiger partial charge < -0.3 is 47.9 Å². The summed E-state index contributed by atoms with van der Waals surface area (Å²) < 4.78 is 45.4. The fraction of sp³-hybridized carbons (Fsp3) is 0.244. The first-order chi connectivity index (χ1) is 29.5. The van der Waals surface area contributed by atoms with E-state index in [9.17, 15) is 9.59 Å². The Labute approximate surface area is 350 Å². The fourth-order valence-corrected chi connectivity index (χ4v) is 6.84. The van der Waals surface area contributed by atoms with E-state index in [1.807, 2.05) is 32.9 Å². The lowest BCUT2D eigenvalue weighted by atomic mass is 10.0. The van der Waals surface area contributed by atoms with E-state index in [0.717, 1.165) is 10.8 Å². The van der Waals surface area contributed by atoms with Gasteiger partial charge in [-0.15, -0.1) is 0 Å². The van der Waals surface area contributed by atoms with Gasteiger partial charge in [-0.2, -0.15) is 0 Å². The number of furan rings is 2. The van der Waals surface area contributed by atoms with Crippen LogP contribution in [0.25, 0.3) is 43.7 Å². The molecule has 0 radical (unpaired) electrons. The van der Waals surface area contributed by atoms with E-state index in [4.69, 9.17) is 37.3 Å². The lowest BCUT2D eigenvalue weighted by Gasteiger charge is -2.11. The second-order valence-corrected chi connectivity index (χ2v) is 13.7. The lowest BCUT2D eigenvalue weighted by molar-refractivity contribution is 0.0954. The number of nitrogens with zero attached hydrogens (tertiary/aromatic N) is 4. The number of benzene rings is 4. The van der Waals surface area contributed by atoms with Crippen LogP contribution in [0.5, 0.6) is 46.3 Å². The SMILES string of the molecule is CCc1oc2cc(Oc3ncnc4cc(OC)c(OC)cc34)ccc2c1C(=O)NC.CNC(=O)c1c(C(C)C)oc2cc(Oc3ncnc4cc(OC)c(OC)cc34)ccc12. The van der Waals surface area contributed by atoms with Gasteiger partial charge in [-0.3, -0.25) is 9.59 Å². The van der Waals surface area contributed by atoms with Crippen LogP contribution >= 0.6 is 0 Å². The number of aromatic nitrogens is 4. The van der Waals surface area contributed by atoms with E-state index in [1.165, 1.54) is 12.7 Å². The number of aryl methyl sites for hydroxylation is 1. The highest BCUT2D eigenvalue weighted by Gasteiger charge is 2.24. The fourth-order valence-electron chi connectivity index (χ4n) is 6.84. The average molecular weight is 829 g/mol. The van der Waals surface area contributed by atoms with Gasteiger partial charge in [0.05, 0.1) is 61.4 Å². The molecule has 0 bridgehead atoms. The normalized spacial score (nSPS) is 11.0. The van der Waals surface area contributed by atoms with Crippen molar-refractivity contribution in [3.05, 3.63) is 96.0 Å². The van der Waals surface area contributed by atoms with Crippen LogP contribution in [0.2, 0.25) is 0 Å². The molecule has 4 aromatic heterocycles. The zero-order chi connectivity index (χ0) is 43.4. The van der Waals surface area contributed by atoms with Gasteiger partial charge >= 0.3 is 0 Å². The van der Waals surface area contributed by atoms with E-state index in [0.29, 0.717) is 108 Å². The third kappa shape index (κ3) is 8.07. The first kappa shape index (κ1) is 41.5. The molecule has 16 heteroatoms. The molecule has 314 valence electrons. The van der Waals surface area contributed by atoms with Crippen molar-refractivity contribution >= 4 is 55.6 Å². The molecule has 2 amide bonds. The van der Waals surface area contributed by atoms with Crippen molar-refractivity contribution in [2.75, 3.05) is 42.5 Å². The van der Waals surface area contributed by atoms with Crippen molar-refractivity contribution in [3.63, 3.8) is 0 Å². The molecule has 0 fully saturated rings. The highest BCUT2D eigenvalue weighted by molar-refractivity contribution is 6.08. The summed E-state index contributed by atoms with van der Waals surface area (Å²) in [5.41, 5.74) is 3.55. The summed E-state index contributed by atoms with van der Waals surface area (Å²) in [5, 5.41) is 8.16. The number of hydrogen-bond acceptors (Lipinski definition) is 14. The highest BCUT2D eigenvalue weighted by Crippen LogP contribution is 2.39. The Morgan fingerprint density at radius 1 is 0.590 bits per heavy atom. The minimum absolute atomic E-state index is 0.0531. The molecule has 8 rings (SSSR count). The Balaban J connectivity index is 0.000000184. The summed E-state index contributed by atoms with van der Waals surface area (Å²) in [7, 11) is 9.47. The second-order valence-electron chi connectivity index (χ2n) is 13.7. The standard InChI is InChI=1S/C23H23N3O5.C22H21N3O5/c1-12(2)21-20(22(27)24-3)14-7-6-13(8-17(14)31-21)30-23-15-9-18(28-4)19(29-5)10-16(15)25-11-26-23;1-5-16-20(21(26)23-2)13-7-6-12(8-17(13)30-16)29-22-14-9-18(27-3)19(28-4)10-15(14)24-11-25-22/h6-12H,1-5H3,(H,24,27);6-11H,5H2,1-4H3,(H,23,26). The Morgan fingerprint density at radius 2 is 1.03 bits per heavy atom. The molecular formula is C45H44N6O10. The first-order valence-corrected chi connectivity index (χ1v) is 19.2. The van der Waals surface area contributed by atoms with Crippen molar-refractivity contribution in [2.24, 2.45) is 0 Å². The van der Waals surface area contributed by atoms with Crippen LogP contribution in [0.3, 0.4) is 0 Å². The number of hydrogen-bond donors (Lipinski definition) is 2. The number of methoxy groups -OCH3 is 4. The van der Waals surface area contributed by atoms with Crippen molar-refractivity contribution < 1.29 is 46.8 Å². The summed E-state index contributed by atoms with van der Waals surface area (Å²) in [6, 6.07) is 17.8. The van der Waals surface area contributed by atoms with Crippen molar-refractivity contribution in [3.8, 4) is 46.3 Å². The summed E-state index contributed by atoms with van der Waals surface area (Å²) in [5.74, 6) is 4.98. The molecule has 16 nitrogen and oxygen atoms in total. The quantitative estimate of drug-likeness (QED) is 0.119. The minimum atomic E-state index is -0.182. The molecule has 0 spiro atoms. The molecule has 0 aliphatic carbocycles. The smallest absolute Gasteiger partial charge is 0.255 e. The molecule has 8 aromatic rings. The van der Waals surface area contributed by atoms with Crippen molar-refractivity contribution in [1.29, 1.82) is 0 Å². The molecule has 4 heterocycles. The third-order valence-electron chi connectivity index (χ3n) is 9.81. The summed E-state index contributed by atoms with van der Waals surface area (Å²) in [6.07, 6.45) is 3.45. The largest absolute Gasteiger partial charge is 0.493 e. The number of carbonyl (C=O) groups is 2. The predicted molar refractivity (Wildman–Crippen MR) is 228 cm³/mol. The van der Waals surface area contributed by atoms with Gasteiger partial charge in [0.2, 0.25) is 11.8 Å². The van der Waals surface area contributed by atoms with Crippen LogP contribution in [0.1, 0.15) is 58.9 Å². The zero-order valence-electron chi connectivity index (χ0n) is 35.1. The molecule has 0 saturated heterocycles. The monoisotopic (exact) mass is 828 g/mol. The van der Waals surface area contributed by atoms with E-state index in [-0.39, 0.29) is 17.7 Å². The van der Waals surface area contributed by atoms with Gasteiger partial charge in [-0.05, 0) is 36.4 Å². The number of nitrogens with one attached hydrogen (secondary N) is 2. The van der Waals surface area contributed by atoms with Gasteiger partial charge in [-0.1, -0.05) is 20.8 Å². The maximum atomic E-state index is 12.4. The van der Waals surface area contributed by atoms with Gasteiger partial charge in [0.25, 0.3) is 11.8 Å². The second kappa shape index (κ2) is 17.7. The van der Waals surface area contributed by atoms with E-state index >= 15 is 0 Å². The average Bonchev–Trinajstić information content (AvgIpc) is 3.86. The summed E-state index contributed by atoms with van der Waals surface area (Å²) >= 11 is 0. The molecule has 2 N–H and O–H groups in total. The maximum Gasteiger partial charge on any atom is 0.255 e. The molecule has 0 saturated carbocycles. The summed E-state index contributed by atoms with van der Waals surface area (Å²) in [6.45, 7) is 5.91. The highest BCUT2D eigenvalue weighted by atomic mass is 16.5. The molecular weight excluding hydrogens is 785 g/mol. The van der Waals surface area contributed by atoms with E-state index in [2.05, 4.69) is 30.6 Å². The van der Waals surface area contributed by atoms with Crippen LogP contribution in [0.4, 0.5) is 0 Å². The van der Waals surface area contributed by atoms with Crippen molar-refractivity contribution in [2.45, 2.75) is 33.1 Å². The van der Waals surface area contributed by atoms with Gasteiger partial charge in [-0.25, -0.2) is 19.9 Å². The number of rotatable bonds is 12. The Kier molecular flexibility index (Phi) is 12.1. The zero-order valence-corrected chi connectivity index (χ0v) is 35.1. The predicted octanol–water partition coefficient (Wildman–Crippen LogP) is 8.78. The number of fused-ring (bicyclic) bond motifs is 4. The van der Waals surface area contributed by atoms with Gasteiger partial charge in [0.1, 0.15) is 46.8 Å². The van der Waals surface area contributed by atoms with Crippen LogP contribution in [-0.2, 0) is 6.42 Å². The Hall–Kier alpha value is -7.62. The summed E-state index contributed by atoms with van der Waals surface area (Å²) in [4.78, 5) is 41.8. The topological polar surface area (TPSA) is 191 Å². The molecule has 0 unspecified atom stereocenters. The van der Waals surface area contributed by atoms with Crippen LogP contribution in [0, 0.1) is 0 Å². The van der Waals surface area contributed by atoms with Gasteiger partial charge in [0.15, 0.2) is 23.0 Å². The van der Waals surface area contributed by atoms with Crippen molar-refractivity contribution in [1.82, 2.24) is 30.6 Å². The van der Waals surface area contributed by atoms with Crippen LogP contribution in [0.15, 0.2) is 82.2 Å². The lowest BCUT2D eigenvalue weighted by Crippen LogP contribution is -2.19. The number of carbonyl (C=O) groups excluding carboxylic acids is 2. The van der Waals surface area contributed by atoms with Crippen LogP contribution < -0.4 is 39.1 Å². The Bertz CT molecular complexity index is 2920. The molecule has 61 heavy (non-hydrogen) atoms. The molecule has 0 aliphatic rings. The van der Waals surface area contributed by atoms with Crippen LogP contribution in [-0.4, -0.2) is 74.3 Å². The van der Waals surface area contributed by atoms with E-state index in [1.54, 1.807) is 91.1 Å². The molecule has 0 aliphatic heterocycles. The third-order valence-corrected chi connectivity index (χ3v) is 9.81. The first-order valence-electron chi connectivity index (χ1n) is 19.2. The maximum absolute atomic E-state index is 12.4. The van der Waals surface area contributed by atoms with E-state index < -0.39 is 0 Å². The molecule has 0 atom stereocenters. The van der Waals surface area contributed by atoms with Gasteiger partial charge in [0, 0.05) is 61.5 Å². The Morgan fingerprint density at radius 3 is 1.48 bits per heavy atom. The number of ether oxygens (including phenoxy) is 6. The number of amides is 2. The minimum Gasteiger partial charge on any atom is -0.493 e. The molecule has 4 aromatic carbocycles.